The molecule has 1 aromatic heterocycles. The van der Waals surface area contributed by atoms with Crippen molar-refractivity contribution in [3.8, 4) is 0 Å². The predicted octanol–water partition coefficient (Wildman–Crippen LogP) is 2.13. The van der Waals surface area contributed by atoms with Crippen LogP contribution >= 0.6 is 0 Å². The molecule has 8 nitrogen and oxygen atoms in total. The van der Waals surface area contributed by atoms with Crippen molar-refractivity contribution >= 4 is 34.4 Å². The van der Waals surface area contributed by atoms with Crippen LogP contribution in [0.5, 0.6) is 0 Å². The average molecular weight is 450 g/mol. The summed E-state index contributed by atoms with van der Waals surface area (Å²) < 4.78 is 14.5. The van der Waals surface area contributed by atoms with Crippen LogP contribution in [0.15, 0.2) is 48.7 Å². The molecule has 9 heteroatoms. The van der Waals surface area contributed by atoms with Gasteiger partial charge in [-0.3, -0.25) is 19.2 Å². The molecule has 1 aliphatic rings. The smallest absolute Gasteiger partial charge is 0.292 e. The number of aromatic amines is 1. The second kappa shape index (κ2) is 9.23. The number of nitrogens with zero attached hydrogens (tertiary/aromatic N) is 1. The largest absolute Gasteiger partial charge is 0.360 e. The third-order valence-corrected chi connectivity index (χ3v) is 5.85. The standard InChI is InChI=1S/C24H23FN4O4/c1-26-22(31)16-7-8-18(25)19-17(12-27-20(16)19)21(30)23(32)28-11-14-9-10-29(13-14)24(33)15-5-3-2-4-6-15/h2-8,12,14,27H,9-11,13H2,1H3,(H,26,31)(H,28,32). The fraction of sp³-hybridized carbons (Fsp3) is 0.250. The molecule has 1 atom stereocenters. The Labute approximate surface area is 189 Å². The van der Waals surface area contributed by atoms with E-state index in [-0.39, 0.29) is 40.4 Å². The number of amides is 3. The molecule has 0 aliphatic carbocycles. The number of likely N-dealkylation sites (tertiary alicyclic amines) is 1. The van der Waals surface area contributed by atoms with Crippen molar-refractivity contribution in [3.63, 3.8) is 0 Å². The van der Waals surface area contributed by atoms with Gasteiger partial charge in [0.25, 0.3) is 23.5 Å². The van der Waals surface area contributed by atoms with Crippen LogP contribution in [0, 0.1) is 11.7 Å². The molecule has 0 saturated carbocycles. The lowest BCUT2D eigenvalue weighted by Gasteiger charge is -2.16. The molecule has 0 radical (unpaired) electrons. The summed E-state index contributed by atoms with van der Waals surface area (Å²) in [5.41, 5.74) is 0.784. The Hall–Kier alpha value is -4.01. The summed E-state index contributed by atoms with van der Waals surface area (Å²) in [4.78, 5) is 54.3. The van der Waals surface area contributed by atoms with Crippen molar-refractivity contribution in [2.45, 2.75) is 6.42 Å². The Morgan fingerprint density at radius 1 is 1.09 bits per heavy atom. The Kier molecular flexibility index (Phi) is 6.21. The highest BCUT2D eigenvalue weighted by molar-refractivity contribution is 6.45. The van der Waals surface area contributed by atoms with Crippen molar-refractivity contribution < 1.29 is 23.6 Å². The number of H-pyrrole nitrogens is 1. The summed E-state index contributed by atoms with van der Waals surface area (Å²) in [5, 5.41) is 4.96. The number of fused-ring (bicyclic) bond motifs is 1. The van der Waals surface area contributed by atoms with E-state index in [9.17, 15) is 23.6 Å². The lowest BCUT2D eigenvalue weighted by atomic mass is 10.0. The van der Waals surface area contributed by atoms with Gasteiger partial charge in [0.1, 0.15) is 5.82 Å². The van der Waals surface area contributed by atoms with Crippen LogP contribution < -0.4 is 10.6 Å². The van der Waals surface area contributed by atoms with E-state index in [0.29, 0.717) is 25.1 Å². The molecule has 3 aromatic rings. The van der Waals surface area contributed by atoms with Gasteiger partial charge in [-0.05, 0) is 36.6 Å². The number of nitrogens with one attached hydrogen (secondary N) is 3. The third kappa shape index (κ3) is 4.34. The Balaban J connectivity index is 1.41. The molecule has 0 bridgehead atoms. The third-order valence-electron chi connectivity index (χ3n) is 5.85. The second-order valence-corrected chi connectivity index (χ2v) is 7.94. The van der Waals surface area contributed by atoms with Gasteiger partial charge in [-0.25, -0.2) is 4.39 Å². The van der Waals surface area contributed by atoms with Crippen molar-refractivity contribution in [1.29, 1.82) is 0 Å². The maximum Gasteiger partial charge on any atom is 0.292 e. The van der Waals surface area contributed by atoms with Gasteiger partial charge in [-0.2, -0.15) is 0 Å². The fourth-order valence-corrected chi connectivity index (χ4v) is 4.10. The Morgan fingerprint density at radius 2 is 1.85 bits per heavy atom. The minimum Gasteiger partial charge on any atom is -0.360 e. The normalized spacial score (nSPS) is 15.5. The maximum atomic E-state index is 14.5. The number of rotatable bonds is 6. The fourth-order valence-electron chi connectivity index (χ4n) is 4.10. The minimum atomic E-state index is -0.899. The van der Waals surface area contributed by atoms with Crippen molar-refractivity contribution in [2.24, 2.45) is 5.92 Å². The van der Waals surface area contributed by atoms with Crippen LogP contribution in [0.25, 0.3) is 10.9 Å². The molecular formula is C24H23FN4O4. The van der Waals surface area contributed by atoms with Crippen LogP contribution in [0.2, 0.25) is 0 Å². The lowest BCUT2D eigenvalue weighted by Crippen LogP contribution is -2.36. The number of carbonyl (C=O) groups excluding carboxylic acids is 4. The summed E-state index contributed by atoms with van der Waals surface area (Å²) in [6.07, 6.45) is 1.93. The van der Waals surface area contributed by atoms with Crippen LogP contribution in [0.3, 0.4) is 0 Å². The van der Waals surface area contributed by atoms with Crippen LogP contribution in [-0.4, -0.2) is 60.1 Å². The zero-order chi connectivity index (χ0) is 23.5. The van der Waals surface area contributed by atoms with Gasteiger partial charge in [0.2, 0.25) is 0 Å². The first-order valence-corrected chi connectivity index (χ1v) is 10.6. The van der Waals surface area contributed by atoms with Gasteiger partial charge in [0.15, 0.2) is 0 Å². The summed E-state index contributed by atoms with van der Waals surface area (Å²) >= 11 is 0. The number of Topliss-reactive ketones (excluding diaryl/α,β-unsaturated/α-hetero) is 1. The van der Waals surface area contributed by atoms with E-state index in [1.165, 1.54) is 19.3 Å². The summed E-state index contributed by atoms with van der Waals surface area (Å²) in [6.45, 7) is 1.26. The van der Waals surface area contributed by atoms with E-state index in [1.807, 2.05) is 6.07 Å². The molecule has 170 valence electrons. The van der Waals surface area contributed by atoms with Crippen LogP contribution in [0.4, 0.5) is 4.39 Å². The molecule has 2 aromatic carbocycles. The molecule has 33 heavy (non-hydrogen) atoms. The molecule has 1 unspecified atom stereocenters. The number of hydrogen-bond donors (Lipinski definition) is 3. The average Bonchev–Trinajstić information content (AvgIpc) is 3.50. The van der Waals surface area contributed by atoms with E-state index in [2.05, 4.69) is 15.6 Å². The van der Waals surface area contributed by atoms with Gasteiger partial charge >= 0.3 is 0 Å². The number of benzene rings is 2. The highest BCUT2D eigenvalue weighted by Crippen LogP contribution is 2.26. The molecular weight excluding hydrogens is 427 g/mol. The summed E-state index contributed by atoms with van der Waals surface area (Å²) in [5.74, 6) is -2.98. The zero-order valence-corrected chi connectivity index (χ0v) is 18.0. The first kappa shape index (κ1) is 22.2. The number of hydrogen-bond acceptors (Lipinski definition) is 4. The molecule has 0 spiro atoms. The van der Waals surface area contributed by atoms with Crippen molar-refractivity contribution in [2.75, 3.05) is 26.7 Å². The molecule has 4 rings (SSSR count). The quantitative estimate of drug-likeness (QED) is 0.395. The first-order chi connectivity index (χ1) is 15.9. The van der Waals surface area contributed by atoms with Gasteiger partial charge in [0, 0.05) is 43.8 Å². The van der Waals surface area contributed by atoms with Gasteiger partial charge in [0.05, 0.1) is 16.6 Å². The van der Waals surface area contributed by atoms with E-state index in [1.54, 1.807) is 29.2 Å². The summed E-state index contributed by atoms with van der Waals surface area (Å²) in [6, 6.07) is 11.4. The second-order valence-electron chi connectivity index (χ2n) is 7.94. The van der Waals surface area contributed by atoms with E-state index < -0.39 is 23.4 Å². The lowest BCUT2D eigenvalue weighted by molar-refractivity contribution is -0.117. The van der Waals surface area contributed by atoms with E-state index in [0.717, 1.165) is 6.07 Å². The molecule has 1 aliphatic heterocycles. The van der Waals surface area contributed by atoms with E-state index >= 15 is 0 Å². The number of ketones is 1. The van der Waals surface area contributed by atoms with E-state index in [4.69, 9.17) is 0 Å². The summed E-state index contributed by atoms with van der Waals surface area (Å²) in [7, 11) is 1.44. The zero-order valence-electron chi connectivity index (χ0n) is 18.0. The number of halogens is 1. The van der Waals surface area contributed by atoms with Crippen LogP contribution in [-0.2, 0) is 4.79 Å². The van der Waals surface area contributed by atoms with Crippen molar-refractivity contribution in [3.05, 3.63) is 71.2 Å². The van der Waals surface area contributed by atoms with Gasteiger partial charge in [-0.1, -0.05) is 18.2 Å². The monoisotopic (exact) mass is 450 g/mol. The topological polar surface area (TPSA) is 111 Å². The van der Waals surface area contributed by atoms with Crippen molar-refractivity contribution in [1.82, 2.24) is 20.5 Å². The van der Waals surface area contributed by atoms with Gasteiger partial charge < -0.3 is 20.5 Å². The SMILES string of the molecule is CNC(=O)c1ccc(F)c2c(C(=O)C(=O)NCC3CCN(C(=O)c4ccccc4)C3)c[nH]c12. The Morgan fingerprint density at radius 3 is 2.58 bits per heavy atom. The first-order valence-electron chi connectivity index (χ1n) is 10.6. The molecule has 2 heterocycles. The Bertz CT molecular complexity index is 1240. The number of aromatic nitrogens is 1. The highest BCUT2D eigenvalue weighted by Gasteiger charge is 2.29. The molecule has 3 amide bonds. The maximum absolute atomic E-state index is 14.5. The molecule has 3 N–H and O–H groups in total. The molecule has 1 saturated heterocycles. The minimum absolute atomic E-state index is 0.00831. The number of carbonyl (C=O) groups is 4. The highest BCUT2D eigenvalue weighted by atomic mass is 19.1. The van der Waals surface area contributed by atoms with Gasteiger partial charge in [-0.15, -0.1) is 0 Å². The van der Waals surface area contributed by atoms with Crippen LogP contribution in [0.1, 0.15) is 37.5 Å². The molecule has 1 fully saturated rings. The predicted molar refractivity (Wildman–Crippen MR) is 119 cm³/mol.